The second kappa shape index (κ2) is 8.05. The Morgan fingerprint density at radius 3 is 2.38 bits per heavy atom. The Morgan fingerprint density at radius 2 is 1.66 bits per heavy atom. The van der Waals surface area contributed by atoms with Gasteiger partial charge in [0.1, 0.15) is 0 Å². The highest BCUT2D eigenvalue weighted by Crippen LogP contribution is 2.27. The number of aromatic nitrogens is 3. The van der Waals surface area contributed by atoms with Crippen molar-refractivity contribution >= 4 is 17.3 Å². The van der Waals surface area contributed by atoms with Crippen molar-refractivity contribution in [1.82, 2.24) is 19.9 Å². The highest BCUT2D eigenvalue weighted by Gasteiger charge is 2.21. The molecular formula is C22H26N6O. The minimum atomic E-state index is -0.248. The van der Waals surface area contributed by atoms with Crippen LogP contribution in [0.5, 0.6) is 0 Å². The van der Waals surface area contributed by atoms with E-state index in [2.05, 4.69) is 38.5 Å². The first-order valence-corrected chi connectivity index (χ1v) is 9.86. The molecule has 29 heavy (non-hydrogen) atoms. The highest BCUT2D eigenvalue weighted by molar-refractivity contribution is 6.05. The molecule has 1 aliphatic rings. The van der Waals surface area contributed by atoms with Gasteiger partial charge >= 0.3 is 0 Å². The van der Waals surface area contributed by atoms with Gasteiger partial charge < -0.3 is 15.1 Å². The van der Waals surface area contributed by atoms with Gasteiger partial charge in [0.15, 0.2) is 5.69 Å². The Labute approximate surface area is 170 Å². The number of amides is 1. The van der Waals surface area contributed by atoms with E-state index in [-0.39, 0.29) is 5.91 Å². The largest absolute Gasteiger partial charge is 0.367 e. The molecule has 0 spiro atoms. The number of hydrogen-bond acceptors (Lipinski definition) is 5. The van der Waals surface area contributed by atoms with Crippen molar-refractivity contribution < 1.29 is 4.79 Å². The maximum absolute atomic E-state index is 13.0. The number of benzene rings is 2. The van der Waals surface area contributed by atoms with Gasteiger partial charge in [0.2, 0.25) is 0 Å². The molecule has 3 aromatic rings. The Bertz CT molecular complexity index is 1000. The van der Waals surface area contributed by atoms with Crippen molar-refractivity contribution in [1.29, 1.82) is 0 Å². The van der Waals surface area contributed by atoms with Crippen LogP contribution in [0.4, 0.5) is 11.4 Å². The first kappa shape index (κ1) is 19.1. The number of carbonyl (C=O) groups is 1. The summed E-state index contributed by atoms with van der Waals surface area (Å²) < 4.78 is 1.70. The van der Waals surface area contributed by atoms with E-state index in [4.69, 9.17) is 0 Å². The minimum Gasteiger partial charge on any atom is -0.367 e. The number of nitrogens with one attached hydrogen (secondary N) is 1. The van der Waals surface area contributed by atoms with Crippen LogP contribution in [-0.4, -0.2) is 59.0 Å². The molecule has 150 valence electrons. The van der Waals surface area contributed by atoms with E-state index in [0.717, 1.165) is 43.2 Å². The van der Waals surface area contributed by atoms with Crippen LogP contribution in [0.3, 0.4) is 0 Å². The molecule has 2 aromatic carbocycles. The first-order valence-electron chi connectivity index (χ1n) is 9.86. The fourth-order valence-electron chi connectivity index (χ4n) is 3.55. The number of hydrogen-bond donors (Lipinski definition) is 1. The van der Waals surface area contributed by atoms with Crippen LogP contribution in [-0.2, 0) is 0 Å². The van der Waals surface area contributed by atoms with Crippen LogP contribution in [0.25, 0.3) is 5.69 Å². The van der Waals surface area contributed by atoms with Crippen molar-refractivity contribution in [3.63, 3.8) is 0 Å². The Hall–Kier alpha value is -3.19. The third-order valence-electron chi connectivity index (χ3n) is 5.38. The van der Waals surface area contributed by atoms with Gasteiger partial charge in [0, 0.05) is 26.2 Å². The number of carbonyl (C=O) groups excluding carboxylic acids is 1. The molecular weight excluding hydrogens is 364 g/mol. The lowest BCUT2D eigenvalue weighted by atomic mass is 10.2. The molecule has 0 aliphatic carbocycles. The predicted octanol–water partition coefficient (Wildman–Crippen LogP) is 2.89. The number of nitrogens with zero attached hydrogens (tertiary/aromatic N) is 5. The van der Waals surface area contributed by atoms with Crippen LogP contribution < -0.4 is 10.2 Å². The standard InChI is InChI=1S/C22H26N6O/c1-16-8-10-18(11-9-16)28-17(2)21(24-25-28)22(29)23-19-6-4-5-7-20(19)27-14-12-26(3)13-15-27/h4-11H,12-15H2,1-3H3,(H,23,29). The minimum absolute atomic E-state index is 0.248. The van der Waals surface area contributed by atoms with Gasteiger partial charge in [-0.1, -0.05) is 35.0 Å². The van der Waals surface area contributed by atoms with Gasteiger partial charge in [-0.05, 0) is 45.2 Å². The quantitative estimate of drug-likeness (QED) is 0.742. The predicted molar refractivity (Wildman–Crippen MR) is 115 cm³/mol. The zero-order chi connectivity index (χ0) is 20.4. The van der Waals surface area contributed by atoms with E-state index in [9.17, 15) is 4.79 Å². The summed E-state index contributed by atoms with van der Waals surface area (Å²) in [6, 6.07) is 15.9. The lowest BCUT2D eigenvalue weighted by molar-refractivity contribution is 0.102. The van der Waals surface area contributed by atoms with E-state index in [0.29, 0.717) is 11.4 Å². The highest BCUT2D eigenvalue weighted by atomic mass is 16.2. The molecule has 0 radical (unpaired) electrons. The molecule has 4 rings (SSSR count). The fraction of sp³-hybridized carbons (Fsp3) is 0.318. The third-order valence-corrected chi connectivity index (χ3v) is 5.38. The van der Waals surface area contributed by atoms with Crippen LogP contribution in [0.15, 0.2) is 48.5 Å². The zero-order valence-electron chi connectivity index (χ0n) is 17.1. The zero-order valence-corrected chi connectivity index (χ0v) is 17.1. The summed E-state index contributed by atoms with van der Waals surface area (Å²) in [4.78, 5) is 17.6. The third kappa shape index (κ3) is 4.00. The van der Waals surface area contributed by atoms with Gasteiger partial charge in [-0.15, -0.1) is 5.10 Å². The second-order valence-corrected chi connectivity index (χ2v) is 7.53. The van der Waals surface area contributed by atoms with Crippen molar-refractivity contribution in [3.8, 4) is 5.69 Å². The van der Waals surface area contributed by atoms with Gasteiger partial charge in [0.25, 0.3) is 5.91 Å². The average molecular weight is 390 g/mol. The normalized spacial score (nSPS) is 14.8. The summed E-state index contributed by atoms with van der Waals surface area (Å²) in [5, 5.41) is 11.4. The van der Waals surface area contributed by atoms with Gasteiger partial charge in [-0.3, -0.25) is 4.79 Å². The molecule has 7 heteroatoms. The van der Waals surface area contributed by atoms with Crippen molar-refractivity contribution in [2.45, 2.75) is 13.8 Å². The SMILES string of the molecule is Cc1ccc(-n2nnc(C(=O)Nc3ccccc3N3CCN(C)CC3)c2C)cc1. The molecule has 7 nitrogen and oxygen atoms in total. The molecule has 0 bridgehead atoms. The van der Waals surface area contributed by atoms with E-state index in [1.165, 1.54) is 5.56 Å². The summed E-state index contributed by atoms with van der Waals surface area (Å²) >= 11 is 0. The Morgan fingerprint density at radius 1 is 0.966 bits per heavy atom. The van der Waals surface area contributed by atoms with Crippen LogP contribution in [0.1, 0.15) is 21.7 Å². The summed E-state index contributed by atoms with van der Waals surface area (Å²) in [7, 11) is 2.13. The van der Waals surface area contributed by atoms with Gasteiger partial charge in [-0.25, -0.2) is 4.68 Å². The van der Waals surface area contributed by atoms with Crippen molar-refractivity contribution in [3.05, 3.63) is 65.5 Å². The van der Waals surface area contributed by atoms with Crippen LogP contribution in [0.2, 0.25) is 0 Å². The summed E-state index contributed by atoms with van der Waals surface area (Å²) in [6.45, 7) is 7.78. The lowest BCUT2D eigenvalue weighted by Gasteiger charge is -2.35. The number of rotatable bonds is 4. The summed E-state index contributed by atoms with van der Waals surface area (Å²) in [5.41, 5.74) is 4.94. The number of anilines is 2. The first-order chi connectivity index (χ1) is 14.0. The van der Waals surface area contributed by atoms with Crippen molar-refractivity contribution in [2.24, 2.45) is 0 Å². The van der Waals surface area contributed by atoms with E-state index in [1.807, 2.05) is 56.3 Å². The van der Waals surface area contributed by atoms with Crippen LogP contribution >= 0.6 is 0 Å². The molecule has 1 N–H and O–H groups in total. The second-order valence-electron chi connectivity index (χ2n) is 7.53. The molecule has 1 saturated heterocycles. The lowest BCUT2D eigenvalue weighted by Crippen LogP contribution is -2.44. The number of piperazine rings is 1. The molecule has 1 fully saturated rings. The molecule has 0 saturated carbocycles. The maximum Gasteiger partial charge on any atom is 0.278 e. The topological polar surface area (TPSA) is 66.3 Å². The number of aryl methyl sites for hydroxylation is 1. The van der Waals surface area contributed by atoms with E-state index >= 15 is 0 Å². The Balaban J connectivity index is 1.56. The molecule has 0 unspecified atom stereocenters. The number of likely N-dealkylation sites (N-methyl/N-ethyl adjacent to an activating group) is 1. The molecule has 2 heterocycles. The summed E-state index contributed by atoms with van der Waals surface area (Å²) in [5.74, 6) is -0.248. The molecule has 0 atom stereocenters. The molecule has 1 aromatic heterocycles. The Kier molecular flexibility index (Phi) is 5.31. The van der Waals surface area contributed by atoms with Crippen LogP contribution in [0, 0.1) is 13.8 Å². The van der Waals surface area contributed by atoms with E-state index < -0.39 is 0 Å². The average Bonchev–Trinajstić information content (AvgIpc) is 3.11. The smallest absolute Gasteiger partial charge is 0.278 e. The van der Waals surface area contributed by atoms with Gasteiger partial charge in [-0.2, -0.15) is 0 Å². The van der Waals surface area contributed by atoms with Crippen molar-refractivity contribution in [2.75, 3.05) is 43.4 Å². The number of para-hydroxylation sites is 2. The maximum atomic E-state index is 13.0. The molecule has 1 amide bonds. The van der Waals surface area contributed by atoms with E-state index in [1.54, 1.807) is 4.68 Å². The van der Waals surface area contributed by atoms with Gasteiger partial charge in [0.05, 0.1) is 22.8 Å². The molecule has 1 aliphatic heterocycles. The monoisotopic (exact) mass is 390 g/mol. The summed E-state index contributed by atoms with van der Waals surface area (Å²) in [6.07, 6.45) is 0. The fourth-order valence-corrected chi connectivity index (χ4v) is 3.55.